The van der Waals surface area contributed by atoms with Crippen molar-refractivity contribution >= 4 is 23.5 Å². The monoisotopic (exact) mass is 313 g/mol. The molecule has 23 heavy (non-hydrogen) atoms. The molecule has 0 saturated heterocycles. The van der Waals surface area contributed by atoms with E-state index in [4.69, 9.17) is 0 Å². The average molecular weight is 313 g/mol. The van der Waals surface area contributed by atoms with Gasteiger partial charge in [-0.15, -0.1) is 0 Å². The molecule has 0 atom stereocenters. The molecular weight excluding hydrogens is 298 g/mol. The van der Waals surface area contributed by atoms with Crippen LogP contribution in [-0.4, -0.2) is 32.1 Å². The van der Waals surface area contributed by atoms with Gasteiger partial charge in [0.1, 0.15) is 0 Å². The number of carbonyl (C=O) groups is 3. The van der Waals surface area contributed by atoms with Gasteiger partial charge in [-0.3, -0.25) is 4.79 Å². The quantitative estimate of drug-likeness (QED) is 0.877. The Morgan fingerprint density at radius 2 is 1.48 bits per heavy atom. The lowest BCUT2D eigenvalue weighted by Crippen LogP contribution is -2.17. The molecule has 2 rings (SSSR count). The summed E-state index contributed by atoms with van der Waals surface area (Å²) in [6.07, 6.45) is 0. The number of methoxy groups -OCH3 is 2. The Kier molecular flexibility index (Phi) is 5.09. The number of nitrogens with one attached hydrogen (secondary N) is 1. The molecule has 0 aliphatic heterocycles. The van der Waals surface area contributed by atoms with Gasteiger partial charge in [-0.25, -0.2) is 9.59 Å². The number of carbonyl (C=O) groups excluding carboxylic acids is 3. The number of amides is 1. The second-order valence-corrected chi connectivity index (χ2v) is 4.56. The molecule has 0 heterocycles. The fourth-order valence-electron chi connectivity index (χ4n) is 2.01. The minimum atomic E-state index is -0.598. The van der Waals surface area contributed by atoms with Gasteiger partial charge in [0.15, 0.2) is 0 Å². The summed E-state index contributed by atoms with van der Waals surface area (Å²) in [7, 11) is 2.52. The van der Waals surface area contributed by atoms with Crippen molar-refractivity contribution in [2.45, 2.75) is 0 Å². The second-order valence-electron chi connectivity index (χ2n) is 4.56. The highest BCUT2D eigenvalue weighted by atomic mass is 16.5. The summed E-state index contributed by atoms with van der Waals surface area (Å²) in [5.41, 5.74) is 1.07. The van der Waals surface area contributed by atoms with E-state index in [-0.39, 0.29) is 11.1 Å². The van der Waals surface area contributed by atoms with Crippen LogP contribution < -0.4 is 5.32 Å². The molecule has 2 aromatic carbocycles. The maximum absolute atomic E-state index is 12.4. The summed E-state index contributed by atoms with van der Waals surface area (Å²) < 4.78 is 9.30. The molecule has 1 N–H and O–H groups in total. The van der Waals surface area contributed by atoms with Gasteiger partial charge in [-0.2, -0.15) is 0 Å². The normalized spacial score (nSPS) is 9.83. The second kappa shape index (κ2) is 7.22. The van der Waals surface area contributed by atoms with Crippen molar-refractivity contribution in [1.29, 1.82) is 0 Å². The van der Waals surface area contributed by atoms with Crippen molar-refractivity contribution in [3.8, 4) is 0 Å². The lowest BCUT2D eigenvalue weighted by molar-refractivity contribution is 0.0591. The van der Waals surface area contributed by atoms with Gasteiger partial charge in [0, 0.05) is 5.69 Å². The van der Waals surface area contributed by atoms with Gasteiger partial charge >= 0.3 is 11.9 Å². The zero-order valence-corrected chi connectivity index (χ0v) is 12.7. The van der Waals surface area contributed by atoms with Crippen LogP contribution in [0.25, 0.3) is 0 Å². The van der Waals surface area contributed by atoms with E-state index in [1.165, 1.54) is 32.4 Å². The number of hydrogen-bond acceptors (Lipinski definition) is 5. The van der Waals surface area contributed by atoms with Crippen LogP contribution in [0.2, 0.25) is 0 Å². The van der Waals surface area contributed by atoms with E-state index in [9.17, 15) is 14.4 Å². The Labute approximate surface area is 133 Å². The maximum atomic E-state index is 12.4. The zero-order chi connectivity index (χ0) is 16.8. The van der Waals surface area contributed by atoms with E-state index in [2.05, 4.69) is 14.8 Å². The van der Waals surface area contributed by atoms with Crippen LogP contribution in [0.4, 0.5) is 5.69 Å². The molecule has 0 aromatic heterocycles. The summed E-state index contributed by atoms with van der Waals surface area (Å²) in [5, 5.41) is 2.64. The van der Waals surface area contributed by atoms with E-state index in [1.807, 2.05) is 0 Å². The van der Waals surface area contributed by atoms with E-state index < -0.39 is 17.8 Å². The van der Waals surface area contributed by atoms with Crippen molar-refractivity contribution < 1.29 is 23.9 Å². The average Bonchev–Trinajstić information content (AvgIpc) is 2.60. The van der Waals surface area contributed by atoms with Gasteiger partial charge in [-0.05, 0) is 30.3 Å². The minimum absolute atomic E-state index is 0.164. The van der Waals surface area contributed by atoms with Crippen LogP contribution in [0.15, 0.2) is 48.5 Å². The van der Waals surface area contributed by atoms with E-state index in [1.54, 1.807) is 30.3 Å². The van der Waals surface area contributed by atoms with Crippen molar-refractivity contribution in [2.75, 3.05) is 19.5 Å². The zero-order valence-electron chi connectivity index (χ0n) is 12.7. The molecule has 0 saturated carbocycles. The van der Waals surface area contributed by atoms with Gasteiger partial charge < -0.3 is 14.8 Å². The smallest absolute Gasteiger partial charge is 0.338 e. The standard InChI is InChI=1S/C17H15NO5/c1-22-16(20)11-6-5-7-12(10-11)18-15(19)13-8-3-4-9-14(13)17(21)23-2/h3-10H,1-2H3,(H,18,19). The lowest BCUT2D eigenvalue weighted by atomic mass is 10.1. The van der Waals surface area contributed by atoms with Crippen LogP contribution in [0, 0.1) is 0 Å². The largest absolute Gasteiger partial charge is 0.465 e. The van der Waals surface area contributed by atoms with E-state index >= 15 is 0 Å². The first-order valence-corrected chi connectivity index (χ1v) is 6.74. The summed E-state index contributed by atoms with van der Waals surface area (Å²) in [6, 6.07) is 12.6. The first kappa shape index (κ1) is 16.2. The van der Waals surface area contributed by atoms with Crippen molar-refractivity contribution in [1.82, 2.24) is 0 Å². The van der Waals surface area contributed by atoms with Crippen LogP contribution in [-0.2, 0) is 9.47 Å². The topological polar surface area (TPSA) is 81.7 Å². The molecular formula is C17H15NO5. The molecule has 2 aromatic rings. The number of benzene rings is 2. The molecule has 0 spiro atoms. The number of ether oxygens (including phenoxy) is 2. The maximum Gasteiger partial charge on any atom is 0.338 e. The third kappa shape index (κ3) is 3.74. The molecule has 6 nitrogen and oxygen atoms in total. The summed E-state index contributed by atoms with van der Waals surface area (Å²) in [6.45, 7) is 0. The molecule has 1 amide bonds. The Bertz CT molecular complexity index is 754. The highest BCUT2D eigenvalue weighted by molar-refractivity contribution is 6.11. The Balaban J connectivity index is 2.27. The highest BCUT2D eigenvalue weighted by Gasteiger charge is 2.17. The van der Waals surface area contributed by atoms with Crippen LogP contribution in [0.3, 0.4) is 0 Å². The van der Waals surface area contributed by atoms with Crippen LogP contribution >= 0.6 is 0 Å². The molecule has 0 fully saturated rings. The molecule has 0 unspecified atom stereocenters. The number of esters is 2. The van der Waals surface area contributed by atoms with Gasteiger partial charge in [-0.1, -0.05) is 18.2 Å². The number of anilines is 1. The third-order valence-electron chi connectivity index (χ3n) is 3.12. The van der Waals surface area contributed by atoms with E-state index in [0.29, 0.717) is 11.3 Å². The van der Waals surface area contributed by atoms with Gasteiger partial charge in [0.2, 0.25) is 0 Å². The molecule has 118 valence electrons. The number of hydrogen-bond donors (Lipinski definition) is 1. The highest BCUT2D eigenvalue weighted by Crippen LogP contribution is 2.16. The summed E-state index contributed by atoms with van der Waals surface area (Å²) >= 11 is 0. The SMILES string of the molecule is COC(=O)c1cccc(NC(=O)c2ccccc2C(=O)OC)c1. The molecule has 0 aliphatic rings. The van der Waals surface area contributed by atoms with Crippen molar-refractivity contribution in [3.63, 3.8) is 0 Å². The predicted octanol–water partition coefficient (Wildman–Crippen LogP) is 2.51. The van der Waals surface area contributed by atoms with Gasteiger partial charge in [0.25, 0.3) is 5.91 Å². The third-order valence-corrected chi connectivity index (χ3v) is 3.12. The Morgan fingerprint density at radius 1 is 0.826 bits per heavy atom. The summed E-state index contributed by atoms with van der Waals surface area (Å²) in [5.74, 6) is -1.58. The fraction of sp³-hybridized carbons (Fsp3) is 0.118. The van der Waals surface area contributed by atoms with E-state index in [0.717, 1.165) is 0 Å². The number of rotatable bonds is 4. The molecule has 0 aliphatic carbocycles. The van der Waals surface area contributed by atoms with Gasteiger partial charge in [0.05, 0.1) is 30.9 Å². The predicted molar refractivity (Wildman–Crippen MR) is 83.5 cm³/mol. The van der Waals surface area contributed by atoms with Crippen LogP contribution in [0.1, 0.15) is 31.1 Å². The summed E-state index contributed by atoms with van der Waals surface area (Å²) in [4.78, 5) is 35.6. The first-order valence-electron chi connectivity index (χ1n) is 6.74. The molecule has 6 heteroatoms. The minimum Gasteiger partial charge on any atom is -0.465 e. The fourth-order valence-corrected chi connectivity index (χ4v) is 2.01. The molecule has 0 radical (unpaired) electrons. The van der Waals surface area contributed by atoms with Crippen molar-refractivity contribution in [2.24, 2.45) is 0 Å². The Hall–Kier alpha value is -3.15. The lowest BCUT2D eigenvalue weighted by Gasteiger charge is -2.09. The Morgan fingerprint density at radius 3 is 2.13 bits per heavy atom. The van der Waals surface area contributed by atoms with Crippen LogP contribution in [0.5, 0.6) is 0 Å². The van der Waals surface area contributed by atoms with Crippen molar-refractivity contribution in [3.05, 3.63) is 65.2 Å². The first-order chi connectivity index (χ1) is 11.1. The molecule has 0 bridgehead atoms.